The van der Waals surface area contributed by atoms with Crippen molar-refractivity contribution in [2.24, 2.45) is 0 Å². The van der Waals surface area contributed by atoms with Crippen LogP contribution in [0.3, 0.4) is 0 Å². The molecule has 0 saturated heterocycles. The Morgan fingerprint density at radius 1 is 0.968 bits per heavy atom. The summed E-state index contributed by atoms with van der Waals surface area (Å²) in [6.45, 7) is 2.05. The highest BCUT2D eigenvalue weighted by Crippen LogP contribution is 2.35. The number of carbonyl (C=O) groups excluding carboxylic acids is 1. The highest BCUT2D eigenvalue weighted by atomic mass is 32.1. The molecule has 4 aromatic heterocycles. The van der Waals surface area contributed by atoms with Crippen LogP contribution in [0, 0.1) is 6.92 Å². The number of thiazole rings is 1. The molecule has 0 unspecified atom stereocenters. The van der Waals surface area contributed by atoms with Crippen molar-refractivity contribution < 1.29 is 4.79 Å². The van der Waals surface area contributed by atoms with Gasteiger partial charge in [0.05, 0.1) is 17.1 Å². The fraction of sp³-hybridized carbons (Fsp3) is 0.0435. The van der Waals surface area contributed by atoms with Crippen LogP contribution in [-0.4, -0.2) is 20.9 Å². The van der Waals surface area contributed by atoms with Gasteiger partial charge in [0.15, 0.2) is 5.13 Å². The van der Waals surface area contributed by atoms with Gasteiger partial charge in [0, 0.05) is 22.5 Å². The summed E-state index contributed by atoms with van der Waals surface area (Å²) in [6, 6.07) is 17.6. The number of anilines is 2. The number of aromatic nitrogens is 3. The van der Waals surface area contributed by atoms with Crippen LogP contribution in [0.15, 0.2) is 66.2 Å². The van der Waals surface area contributed by atoms with Gasteiger partial charge < -0.3 is 5.73 Å². The fourth-order valence-electron chi connectivity index (χ4n) is 3.17. The minimum atomic E-state index is -0.292. The van der Waals surface area contributed by atoms with Crippen molar-refractivity contribution in [3.63, 3.8) is 0 Å². The maximum Gasteiger partial charge on any atom is 0.269 e. The van der Waals surface area contributed by atoms with E-state index in [1.165, 1.54) is 28.2 Å². The molecule has 0 bridgehead atoms. The van der Waals surface area contributed by atoms with Gasteiger partial charge in [-0.1, -0.05) is 35.9 Å². The zero-order valence-electron chi connectivity index (χ0n) is 16.5. The Bertz CT molecular complexity index is 1390. The molecule has 5 aromatic rings. The number of hydrogen-bond acceptors (Lipinski definition) is 7. The quantitative estimate of drug-likeness (QED) is 0.376. The monoisotopic (exact) mass is 443 g/mol. The third-order valence-electron chi connectivity index (χ3n) is 4.80. The molecule has 1 aromatic carbocycles. The van der Waals surface area contributed by atoms with E-state index in [1.807, 2.05) is 54.8 Å². The van der Waals surface area contributed by atoms with Crippen LogP contribution >= 0.6 is 22.7 Å². The molecule has 1 amide bonds. The number of amides is 1. The zero-order chi connectivity index (χ0) is 21.4. The van der Waals surface area contributed by atoms with Crippen LogP contribution in [0.1, 0.15) is 15.2 Å². The minimum absolute atomic E-state index is 0.292. The second kappa shape index (κ2) is 7.90. The summed E-state index contributed by atoms with van der Waals surface area (Å²) < 4.78 is 0. The summed E-state index contributed by atoms with van der Waals surface area (Å²) in [6.07, 6.45) is 1.71. The highest BCUT2D eigenvalue weighted by Gasteiger charge is 2.19. The summed E-state index contributed by atoms with van der Waals surface area (Å²) in [7, 11) is 0. The largest absolute Gasteiger partial charge is 0.397 e. The molecule has 0 radical (unpaired) electrons. The van der Waals surface area contributed by atoms with Gasteiger partial charge >= 0.3 is 0 Å². The van der Waals surface area contributed by atoms with Crippen molar-refractivity contribution in [2.75, 3.05) is 11.1 Å². The third-order valence-corrected chi connectivity index (χ3v) is 6.67. The van der Waals surface area contributed by atoms with Gasteiger partial charge in [0.2, 0.25) is 0 Å². The maximum absolute atomic E-state index is 12.9. The number of pyridine rings is 2. The normalized spacial score (nSPS) is 11.0. The topological polar surface area (TPSA) is 93.8 Å². The van der Waals surface area contributed by atoms with E-state index in [1.54, 1.807) is 6.20 Å². The van der Waals surface area contributed by atoms with Crippen LogP contribution in [0.25, 0.3) is 32.9 Å². The molecule has 0 atom stereocenters. The minimum Gasteiger partial charge on any atom is -0.397 e. The molecule has 0 spiro atoms. The smallest absolute Gasteiger partial charge is 0.269 e. The number of thiophene rings is 1. The second-order valence-corrected chi connectivity index (χ2v) is 8.82. The number of nitrogens with zero attached hydrogens (tertiary/aromatic N) is 3. The lowest BCUT2D eigenvalue weighted by atomic mass is 10.1. The molecule has 8 heteroatoms. The average molecular weight is 444 g/mol. The molecule has 0 fully saturated rings. The zero-order valence-corrected chi connectivity index (χ0v) is 18.1. The van der Waals surface area contributed by atoms with Gasteiger partial charge in [0.1, 0.15) is 15.4 Å². The number of benzene rings is 1. The van der Waals surface area contributed by atoms with E-state index in [2.05, 4.69) is 27.4 Å². The van der Waals surface area contributed by atoms with Gasteiger partial charge in [-0.15, -0.1) is 22.7 Å². The number of nitrogen functional groups attached to an aromatic ring is 1. The first-order valence-corrected chi connectivity index (χ1v) is 11.2. The molecule has 152 valence electrons. The Morgan fingerprint density at radius 2 is 1.81 bits per heavy atom. The van der Waals surface area contributed by atoms with Gasteiger partial charge in [-0.2, -0.15) is 0 Å². The van der Waals surface area contributed by atoms with E-state index in [4.69, 9.17) is 10.7 Å². The molecule has 0 aliphatic carbocycles. The number of nitrogens with one attached hydrogen (secondary N) is 1. The first-order valence-electron chi connectivity index (χ1n) is 9.53. The number of nitrogens with two attached hydrogens (primary N) is 1. The number of hydrogen-bond donors (Lipinski definition) is 2. The summed E-state index contributed by atoms with van der Waals surface area (Å²) >= 11 is 2.63. The summed E-state index contributed by atoms with van der Waals surface area (Å²) in [5.41, 5.74) is 11.3. The number of rotatable bonds is 4. The molecule has 31 heavy (non-hydrogen) atoms. The fourth-order valence-corrected chi connectivity index (χ4v) is 4.86. The molecule has 0 saturated carbocycles. The van der Waals surface area contributed by atoms with Gasteiger partial charge in [0.25, 0.3) is 5.91 Å². The summed E-state index contributed by atoms with van der Waals surface area (Å²) in [5, 5.41) is 5.98. The van der Waals surface area contributed by atoms with E-state index in [-0.39, 0.29) is 5.91 Å². The van der Waals surface area contributed by atoms with Crippen LogP contribution < -0.4 is 11.1 Å². The van der Waals surface area contributed by atoms with Crippen LogP contribution in [-0.2, 0) is 0 Å². The predicted molar refractivity (Wildman–Crippen MR) is 128 cm³/mol. The Kier molecular flexibility index (Phi) is 4.93. The second-order valence-electron chi connectivity index (χ2n) is 6.97. The van der Waals surface area contributed by atoms with Crippen LogP contribution in [0.2, 0.25) is 0 Å². The van der Waals surface area contributed by atoms with E-state index < -0.39 is 0 Å². The van der Waals surface area contributed by atoms with Crippen molar-refractivity contribution in [1.29, 1.82) is 0 Å². The predicted octanol–water partition coefficient (Wildman–Crippen LogP) is 5.62. The lowest BCUT2D eigenvalue weighted by Crippen LogP contribution is -2.11. The molecule has 5 rings (SSSR count). The van der Waals surface area contributed by atoms with Gasteiger partial charge in [-0.3, -0.25) is 15.1 Å². The van der Waals surface area contributed by atoms with E-state index in [0.717, 1.165) is 32.9 Å². The first kappa shape index (κ1) is 19.3. The molecular formula is C23H17N5OS2. The SMILES string of the molecule is Cc1ccc(-c2ccc3c(N)c(C(=O)Nc4nc(-c5ccccn5)cs4)sc3n2)cc1. The lowest BCUT2D eigenvalue weighted by Gasteiger charge is -2.02. The first-order chi connectivity index (χ1) is 15.1. The maximum atomic E-state index is 12.9. The average Bonchev–Trinajstić information content (AvgIpc) is 3.39. The van der Waals surface area contributed by atoms with Crippen molar-refractivity contribution in [2.45, 2.75) is 6.92 Å². The Balaban J connectivity index is 1.42. The number of carbonyl (C=O) groups is 1. The van der Waals surface area contributed by atoms with Crippen molar-refractivity contribution in [1.82, 2.24) is 15.0 Å². The number of fused-ring (bicyclic) bond motifs is 1. The lowest BCUT2D eigenvalue weighted by molar-refractivity contribution is 0.103. The Labute approximate surface area is 186 Å². The molecule has 0 aliphatic rings. The van der Waals surface area contributed by atoms with Crippen LogP contribution in [0.4, 0.5) is 10.8 Å². The summed E-state index contributed by atoms with van der Waals surface area (Å²) in [4.78, 5) is 27.5. The Hall–Kier alpha value is -3.62. The van der Waals surface area contributed by atoms with Crippen molar-refractivity contribution in [3.8, 4) is 22.6 Å². The molecule has 0 aliphatic heterocycles. The third kappa shape index (κ3) is 3.78. The van der Waals surface area contributed by atoms with Crippen LogP contribution in [0.5, 0.6) is 0 Å². The van der Waals surface area contributed by atoms with Gasteiger partial charge in [-0.05, 0) is 31.2 Å². The summed E-state index contributed by atoms with van der Waals surface area (Å²) in [5.74, 6) is -0.292. The number of aryl methyl sites for hydroxylation is 1. The molecule has 4 heterocycles. The van der Waals surface area contributed by atoms with E-state index in [9.17, 15) is 4.79 Å². The van der Waals surface area contributed by atoms with Gasteiger partial charge in [-0.25, -0.2) is 9.97 Å². The molecule has 3 N–H and O–H groups in total. The van der Waals surface area contributed by atoms with E-state index in [0.29, 0.717) is 15.7 Å². The van der Waals surface area contributed by atoms with E-state index >= 15 is 0 Å². The highest BCUT2D eigenvalue weighted by molar-refractivity contribution is 7.21. The molecule has 6 nitrogen and oxygen atoms in total. The standard InChI is InChI=1S/C23H17N5OS2/c1-13-5-7-14(8-6-13)16-10-9-15-19(24)20(31-22(15)26-16)21(29)28-23-27-18(12-30-23)17-4-2-3-11-25-17/h2-12H,24H2,1H3,(H,27,28,29). The molecular weight excluding hydrogens is 426 g/mol. The Morgan fingerprint density at radius 3 is 2.58 bits per heavy atom. The van der Waals surface area contributed by atoms with Crippen molar-refractivity contribution >= 4 is 49.6 Å². The van der Waals surface area contributed by atoms with Crippen molar-refractivity contribution in [3.05, 3.63) is 76.6 Å².